The minimum atomic E-state index is -1.29. The van der Waals surface area contributed by atoms with Gasteiger partial charge in [0.1, 0.15) is 12.2 Å². The smallest absolute Gasteiger partial charge is 0.438 e. The van der Waals surface area contributed by atoms with Crippen molar-refractivity contribution in [2.75, 3.05) is 7.11 Å². The molecule has 0 aromatic heterocycles. The maximum absolute atomic E-state index is 10.8. The zero-order valence-electron chi connectivity index (χ0n) is 8.37. The van der Waals surface area contributed by atoms with Crippen molar-refractivity contribution < 1.29 is 24.5 Å². The summed E-state index contributed by atoms with van der Waals surface area (Å²) in [5, 5.41) is 19.0. The SMILES string of the molecule is COC(=O)OC1C(N)CC(N)C(O)C1O. The Hall–Kier alpha value is -0.890. The van der Waals surface area contributed by atoms with E-state index >= 15 is 0 Å². The number of rotatable bonds is 1. The van der Waals surface area contributed by atoms with Crippen LogP contribution in [0.15, 0.2) is 0 Å². The summed E-state index contributed by atoms with van der Waals surface area (Å²) in [5.41, 5.74) is 11.2. The number of nitrogens with two attached hydrogens (primary N) is 2. The van der Waals surface area contributed by atoms with Gasteiger partial charge in [-0.25, -0.2) is 4.79 Å². The molecule has 0 aromatic rings. The third-order valence-corrected chi connectivity index (χ3v) is 2.49. The molecule has 5 unspecified atom stereocenters. The highest BCUT2D eigenvalue weighted by molar-refractivity contribution is 5.60. The lowest BCUT2D eigenvalue weighted by molar-refractivity contribution is -0.113. The summed E-state index contributed by atoms with van der Waals surface area (Å²) in [6.45, 7) is 0. The second kappa shape index (κ2) is 4.75. The number of aliphatic hydroxyl groups excluding tert-OH is 2. The molecule has 7 nitrogen and oxygen atoms in total. The third-order valence-electron chi connectivity index (χ3n) is 2.49. The van der Waals surface area contributed by atoms with Gasteiger partial charge in [-0.05, 0) is 6.42 Å². The van der Waals surface area contributed by atoms with Crippen LogP contribution >= 0.6 is 0 Å². The predicted octanol–water partition coefficient (Wildman–Crippen LogP) is -2.08. The maximum Gasteiger partial charge on any atom is 0.508 e. The van der Waals surface area contributed by atoms with Crippen LogP contribution in [-0.2, 0) is 9.47 Å². The molecule has 0 saturated heterocycles. The van der Waals surface area contributed by atoms with Gasteiger partial charge in [0.2, 0.25) is 0 Å². The Morgan fingerprint density at radius 3 is 2.40 bits per heavy atom. The fourth-order valence-electron chi connectivity index (χ4n) is 1.61. The van der Waals surface area contributed by atoms with Gasteiger partial charge in [-0.2, -0.15) is 0 Å². The minimum Gasteiger partial charge on any atom is -0.438 e. The first-order valence-electron chi connectivity index (χ1n) is 4.59. The number of carbonyl (C=O) groups is 1. The zero-order valence-corrected chi connectivity index (χ0v) is 8.37. The molecular weight excluding hydrogens is 204 g/mol. The van der Waals surface area contributed by atoms with Gasteiger partial charge >= 0.3 is 6.16 Å². The standard InChI is InChI=1S/C8H16N2O5/c1-14-8(13)15-7-4(10)2-3(9)5(11)6(7)12/h3-7,11-12H,2,9-10H2,1H3. The van der Waals surface area contributed by atoms with Crippen LogP contribution in [0.25, 0.3) is 0 Å². The molecule has 88 valence electrons. The van der Waals surface area contributed by atoms with Crippen molar-refractivity contribution in [3.05, 3.63) is 0 Å². The van der Waals surface area contributed by atoms with E-state index in [4.69, 9.17) is 16.2 Å². The molecule has 5 atom stereocenters. The molecule has 0 aliphatic heterocycles. The zero-order chi connectivity index (χ0) is 11.6. The lowest BCUT2D eigenvalue weighted by atomic mass is 9.85. The number of hydrogen-bond donors (Lipinski definition) is 4. The van der Waals surface area contributed by atoms with Gasteiger partial charge in [0.05, 0.1) is 13.2 Å². The Labute approximate surface area is 86.9 Å². The van der Waals surface area contributed by atoms with E-state index in [0.717, 1.165) is 7.11 Å². The summed E-state index contributed by atoms with van der Waals surface area (Å²) >= 11 is 0. The van der Waals surface area contributed by atoms with Gasteiger partial charge < -0.3 is 31.2 Å². The molecule has 0 spiro atoms. The molecule has 0 bridgehead atoms. The molecule has 6 N–H and O–H groups in total. The van der Waals surface area contributed by atoms with Crippen molar-refractivity contribution in [1.29, 1.82) is 0 Å². The van der Waals surface area contributed by atoms with Crippen molar-refractivity contribution in [3.63, 3.8) is 0 Å². The molecule has 1 rings (SSSR count). The predicted molar refractivity (Wildman–Crippen MR) is 49.9 cm³/mol. The maximum atomic E-state index is 10.8. The lowest BCUT2D eigenvalue weighted by Gasteiger charge is -2.38. The first kappa shape index (κ1) is 12.2. The van der Waals surface area contributed by atoms with Crippen LogP contribution in [-0.4, -0.2) is 53.9 Å². The molecule has 15 heavy (non-hydrogen) atoms. The van der Waals surface area contributed by atoms with Crippen molar-refractivity contribution in [1.82, 2.24) is 0 Å². The van der Waals surface area contributed by atoms with E-state index in [1.165, 1.54) is 0 Å². The van der Waals surface area contributed by atoms with Crippen molar-refractivity contribution in [3.8, 4) is 0 Å². The van der Waals surface area contributed by atoms with E-state index in [1.54, 1.807) is 0 Å². The molecule has 0 heterocycles. The molecule has 7 heteroatoms. The largest absolute Gasteiger partial charge is 0.508 e. The molecule has 1 aliphatic rings. The minimum absolute atomic E-state index is 0.264. The van der Waals surface area contributed by atoms with Crippen LogP contribution < -0.4 is 11.5 Å². The fraction of sp³-hybridized carbons (Fsp3) is 0.875. The number of hydrogen-bond acceptors (Lipinski definition) is 7. The van der Waals surface area contributed by atoms with Crippen molar-refractivity contribution in [2.24, 2.45) is 11.5 Å². The van der Waals surface area contributed by atoms with Crippen molar-refractivity contribution in [2.45, 2.75) is 36.8 Å². The Morgan fingerprint density at radius 2 is 1.87 bits per heavy atom. The van der Waals surface area contributed by atoms with Gasteiger partial charge in [0.15, 0.2) is 0 Å². The second-order valence-electron chi connectivity index (χ2n) is 3.58. The summed E-state index contributed by atoms with van der Waals surface area (Å²) in [7, 11) is 1.14. The van der Waals surface area contributed by atoms with Crippen LogP contribution in [0.5, 0.6) is 0 Å². The number of methoxy groups -OCH3 is 1. The molecule has 0 radical (unpaired) electrons. The number of carbonyl (C=O) groups excluding carboxylic acids is 1. The van der Waals surface area contributed by atoms with E-state index in [9.17, 15) is 15.0 Å². The molecule has 1 saturated carbocycles. The average molecular weight is 220 g/mol. The van der Waals surface area contributed by atoms with E-state index < -0.39 is 36.6 Å². The first-order chi connectivity index (χ1) is 6.97. The van der Waals surface area contributed by atoms with E-state index in [1.807, 2.05) is 0 Å². The topological polar surface area (TPSA) is 128 Å². The molecule has 0 aromatic carbocycles. The highest BCUT2D eigenvalue weighted by Gasteiger charge is 2.43. The number of ether oxygens (including phenoxy) is 2. The van der Waals surface area contributed by atoms with E-state index in [0.29, 0.717) is 0 Å². The first-order valence-corrected chi connectivity index (χ1v) is 4.59. The molecular formula is C8H16N2O5. The molecule has 1 fully saturated rings. The summed E-state index contributed by atoms with van der Waals surface area (Å²) in [6, 6.07) is -1.23. The van der Waals surface area contributed by atoms with Gasteiger partial charge in [-0.15, -0.1) is 0 Å². The molecule has 0 amide bonds. The Morgan fingerprint density at radius 1 is 1.27 bits per heavy atom. The van der Waals surface area contributed by atoms with E-state index in [-0.39, 0.29) is 6.42 Å². The van der Waals surface area contributed by atoms with E-state index in [2.05, 4.69) is 4.74 Å². The normalized spacial score (nSPS) is 41.0. The third kappa shape index (κ3) is 2.57. The number of aliphatic hydroxyl groups is 2. The Balaban J connectivity index is 2.65. The summed E-state index contributed by atoms with van der Waals surface area (Å²) < 4.78 is 9.00. The van der Waals surface area contributed by atoms with Gasteiger partial charge in [-0.1, -0.05) is 0 Å². The van der Waals surface area contributed by atoms with Gasteiger partial charge in [-0.3, -0.25) is 0 Å². The van der Waals surface area contributed by atoms with Crippen molar-refractivity contribution >= 4 is 6.16 Å². The fourth-order valence-corrected chi connectivity index (χ4v) is 1.61. The lowest BCUT2D eigenvalue weighted by Crippen LogP contribution is -2.62. The van der Waals surface area contributed by atoms with Gasteiger partial charge in [0.25, 0.3) is 0 Å². The summed E-state index contributed by atoms with van der Waals surface area (Å²) in [4.78, 5) is 10.8. The van der Waals surface area contributed by atoms with Crippen LogP contribution in [0.4, 0.5) is 4.79 Å². The van der Waals surface area contributed by atoms with Crippen LogP contribution in [0.3, 0.4) is 0 Å². The Bertz CT molecular complexity index is 237. The highest BCUT2D eigenvalue weighted by atomic mass is 16.7. The van der Waals surface area contributed by atoms with Crippen LogP contribution in [0.1, 0.15) is 6.42 Å². The monoisotopic (exact) mass is 220 g/mol. The Kier molecular flexibility index (Phi) is 3.86. The second-order valence-corrected chi connectivity index (χ2v) is 3.58. The summed E-state index contributed by atoms with van der Waals surface area (Å²) in [6.07, 6.45) is -4.12. The highest BCUT2D eigenvalue weighted by Crippen LogP contribution is 2.21. The summed E-state index contributed by atoms with van der Waals surface area (Å²) in [5.74, 6) is 0. The van der Waals surface area contributed by atoms with Crippen LogP contribution in [0.2, 0.25) is 0 Å². The average Bonchev–Trinajstić information content (AvgIpc) is 2.21. The molecule has 1 aliphatic carbocycles. The van der Waals surface area contributed by atoms with Crippen LogP contribution in [0, 0.1) is 0 Å². The quantitative estimate of drug-likeness (QED) is 0.373. The van der Waals surface area contributed by atoms with Gasteiger partial charge in [0, 0.05) is 12.1 Å².